The van der Waals surface area contributed by atoms with Crippen LogP contribution in [0.3, 0.4) is 0 Å². The molecule has 2 aliphatic heterocycles. The van der Waals surface area contributed by atoms with Gasteiger partial charge in [-0.3, -0.25) is 4.79 Å². The van der Waals surface area contributed by atoms with Crippen molar-refractivity contribution >= 4 is 22.0 Å². The first-order valence-electron chi connectivity index (χ1n) is 8.57. The second-order valence-electron chi connectivity index (χ2n) is 6.26. The van der Waals surface area contributed by atoms with Crippen LogP contribution in [-0.4, -0.2) is 99.4 Å². The van der Waals surface area contributed by atoms with Crippen LogP contribution in [0.5, 0.6) is 0 Å². The van der Waals surface area contributed by atoms with Gasteiger partial charge in [0.25, 0.3) is 0 Å². The summed E-state index contributed by atoms with van der Waals surface area (Å²) in [6, 6.07) is 0. The number of amides is 2. The maximum absolute atomic E-state index is 12.5. The highest BCUT2D eigenvalue weighted by Gasteiger charge is 2.30. The van der Waals surface area contributed by atoms with Gasteiger partial charge in [-0.15, -0.1) is 0 Å². The maximum atomic E-state index is 12.5. The third-order valence-electron chi connectivity index (χ3n) is 4.37. The minimum atomic E-state index is -3.50. The minimum Gasteiger partial charge on any atom is -0.450 e. The minimum absolute atomic E-state index is 0.150. The molecule has 1 unspecified atom stereocenters. The number of nitrogens with zero attached hydrogens (tertiary/aromatic N) is 3. The van der Waals surface area contributed by atoms with Crippen LogP contribution in [0, 0.1) is 0 Å². The first-order chi connectivity index (χ1) is 11.8. The molecule has 0 saturated carbocycles. The number of carbonyl (C=O) groups is 2. The molecule has 10 heteroatoms. The summed E-state index contributed by atoms with van der Waals surface area (Å²) in [5, 5.41) is 0. The molecular formula is C15H27N3O6S. The van der Waals surface area contributed by atoms with E-state index < -0.39 is 10.0 Å². The molecule has 0 aliphatic carbocycles. The molecule has 2 rings (SSSR count). The van der Waals surface area contributed by atoms with Gasteiger partial charge < -0.3 is 19.3 Å². The lowest BCUT2D eigenvalue weighted by Gasteiger charge is -2.35. The van der Waals surface area contributed by atoms with Crippen molar-refractivity contribution in [3.63, 3.8) is 0 Å². The second-order valence-corrected chi connectivity index (χ2v) is 8.24. The number of ether oxygens (including phenoxy) is 2. The SMILES string of the molecule is CCOC(=O)N1CCN(C(=O)CN(CC2CCCO2)S(C)(=O)=O)CC1. The van der Waals surface area contributed by atoms with Gasteiger partial charge in [-0.05, 0) is 19.8 Å². The van der Waals surface area contributed by atoms with Crippen LogP contribution in [0.1, 0.15) is 19.8 Å². The van der Waals surface area contributed by atoms with E-state index in [1.54, 1.807) is 16.7 Å². The molecule has 0 spiro atoms. The lowest BCUT2D eigenvalue weighted by Crippen LogP contribution is -2.53. The van der Waals surface area contributed by atoms with Crippen LogP contribution in [0.25, 0.3) is 0 Å². The van der Waals surface area contributed by atoms with Gasteiger partial charge in [-0.2, -0.15) is 4.31 Å². The molecule has 2 fully saturated rings. The number of piperazine rings is 1. The Morgan fingerprint density at radius 2 is 1.84 bits per heavy atom. The van der Waals surface area contributed by atoms with E-state index in [4.69, 9.17) is 9.47 Å². The Morgan fingerprint density at radius 1 is 1.20 bits per heavy atom. The zero-order valence-corrected chi connectivity index (χ0v) is 15.7. The molecule has 25 heavy (non-hydrogen) atoms. The van der Waals surface area contributed by atoms with Gasteiger partial charge in [-0.1, -0.05) is 0 Å². The van der Waals surface area contributed by atoms with Crippen LogP contribution >= 0.6 is 0 Å². The first kappa shape index (κ1) is 19.9. The standard InChI is InChI=1S/C15H27N3O6S/c1-3-23-15(20)17-8-6-16(7-9-17)14(19)12-18(25(2,21)22)11-13-5-4-10-24-13/h13H,3-12H2,1-2H3. The number of hydrogen-bond donors (Lipinski definition) is 0. The molecule has 9 nitrogen and oxygen atoms in total. The third-order valence-corrected chi connectivity index (χ3v) is 5.59. The molecule has 0 aromatic carbocycles. The summed E-state index contributed by atoms with van der Waals surface area (Å²) in [7, 11) is -3.50. The Hall–Kier alpha value is -1.39. The molecule has 2 heterocycles. The molecule has 2 amide bonds. The van der Waals surface area contributed by atoms with Gasteiger partial charge in [0.05, 0.1) is 25.5 Å². The largest absolute Gasteiger partial charge is 0.450 e. The summed E-state index contributed by atoms with van der Waals surface area (Å²) in [4.78, 5) is 27.3. The van der Waals surface area contributed by atoms with Gasteiger partial charge in [0.2, 0.25) is 15.9 Å². The zero-order valence-electron chi connectivity index (χ0n) is 14.8. The fourth-order valence-electron chi connectivity index (χ4n) is 2.94. The summed E-state index contributed by atoms with van der Waals surface area (Å²) in [5.41, 5.74) is 0. The Morgan fingerprint density at radius 3 is 2.36 bits per heavy atom. The first-order valence-corrected chi connectivity index (χ1v) is 10.4. The van der Waals surface area contributed by atoms with Crippen LogP contribution < -0.4 is 0 Å². The molecule has 144 valence electrons. The number of sulfonamides is 1. The highest BCUT2D eigenvalue weighted by Crippen LogP contribution is 2.15. The van der Waals surface area contributed by atoms with Crippen LogP contribution in [0.15, 0.2) is 0 Å². The average molecular weight is 377 g/mol. The Kier molecular flexibility index (Phi) is 7.03. The third kappa shape index (κ3) is 5.82. The Labute approximate surface area is 148 Å². The van der Waals surface area contributed by atoms with Crippen LogP contribution in [-0.2, 0) is 24.3 Å². The van der Waals surface area contributed by atoms with E-state index in [1.807, 2.05) is 0 Å². The molecule has 0 radical (unpaired) electrons. The van der Waals surface area contributed by atoms with Crippen LogP contribution in [0.2, 0.25) is 0 Å². The van der Waals surface area contributed by atoms with Gasteiger partial charge in [0.15, 0.2) is 0 Å². The highest BCUT2D eigenvalue weighted by molar-refractivity contribution is 7.88. The summed E-state index contributed by atoms with van der Waals surface area (Å²) in [6.45, 7) is 4.20. The summed E-state index contributed by atoms with van der Waals surface area (Å²) in [5.74, 6) is -0.257. The Balaban J connectivity index is 1.87. The smallest absolute Gasteiger partial charge is 0.409 e. The average Bonchev–Trinajstić information content (AvgIpc) is 3.07. The van der Waals surface area contributed by atoms with Crippen LogP contribution in [0.4, 0.5) is 4.79 Å². The normalized spacial score (nSPS) is 21.6. The zero-order chi connectivity index (χ0) is 18.4. The summed E-state index contributed by atoms with van der Waals surface area (Å²) in [6.07, 6.45) is 2.28. The molecule has 0 aromatic heterocycles. The number of carbonyl (C=O) groups excluding carboxylic acids is 2. The fraction of sp³-hybridized carbons (Fsp3) is 0.867. The van der Waals surface area contributed by atoms with Gasteiger partial charge in [0.1, 0.15) is 0 Å². The van der Waals surface area contributed by atoms with E-state index in [-0.39, 0.29) is 31.2 Å². The lowest BCUT2D eigenvalue weighted by atomic mass is 10.2. The second kappa shape index (κ2) is 8.81. The number of rotatable bonds is 6. The molecule has 2 aliphatic rings. The fourth-order valence-corrected chi connectivity index (χ4v) is 3.72. The topological polar surface area (TPSA) is 96.5 Å². The molecule has 0 aromatic rings. The van der Waals surface area contributed by atoms with Crippen molar-refractivity contribution in [1.82, 2.24) is 14.1 Å². The van der Waals surface area contributed by atoms with Crippen molar-refractivity contribution < 1.29 is 27.5 Å². The van der Waals surface area contributed by atoms with Crippen molar-refractivity contribution in [2.75, 3.05) is 58.7 Å². The monoisotopic (exact) mass is 377 g/mol. The summed E-state index contributed by atoms with van der Waals surface area (Å²) >= 11 is 0. The van der Waals surface area contributed by atoms with Crippen molar-refractivity contribution in [2.24, 2.45) is 0 Å². The molecule has 0 N–H and O–H groups in total. The quantitative estimate of drug-likeness (QED) is 0.632. The van der Waals surface area contributed by atoms with Crippen molar-refractivity contribution in [2.45, 2.75) is 25.9 Å². The predicted molar refractivity (Wildman–Crippen MR) is 90.6 cm³/mol. The van der Waals surface area contributed by atoms with E-state index in [0.29, 0.717) is 39.4 Å². The highest BCUT2D eigenvalue weighted by atomic mass is 32.2. The molecule has 1 atom stereocenters. The predicted octanol–water partition coefficient (Wildman–Crippen LogP) is -0.272. The molecular weight excluding hydrogens is 350 g/mol. The van der Waals surface area contributed by atoms with E-state index in [9.17, 15) is 18.0 Å². The van der Waals surface area contributed by atoms with E-state index in [2.05, 4.69) is 0 Å². The van der Waals surface area contributed by atoms with Crippen molar-refractivity contribution in [3.8, 4) is 0 Å². The summed E-state index contributed by atoms with van der Waals surface area (Å²) < 4.78 is 35.6. The van der Waals surface area contributed by atoms with Gasteiger partial charge in [-0.25, -0.2) is 13.2 Å². The Bertz CT molecular complexity index is 568. The van der Waals surface area contributed by atoms with Gasteiger partial charge >= 0.3 is 6.09 Å². The van der Waals surface area contributed by atoms with Crippen molar-refractivity contribution in [3.05, 3.63) is 0 Å². The number of hydrogen-bond acceptors (Lipinski definition) is 6. The van der Waals surface area contributed by atoms with E-state index >= 15 is 0 Å². The van der Waals surface area contributed by atoms with E-state index in [1.165, 1.54) is 4.31 Å². The van der Waals surface area contributed by atoms with Gasteiger partial charge in [0, 0.05) is 39.3 Å². The van der Waals surface area contributed by atoms with Crippen molar-refractivity contribution in [1.29, 1.82) is 0 Å². The van der Waals surface area contributed by atoms with E-state index in [0.717, 1.165) is 19.1 Å². The molecule has 2 saturated heterocycles. The molecule has 0 bridgehead atoms. The lowest BCUT2D eigenvalue weighted by molar-refractivity contribution is -0.133. The maximum Gasteiger partial charge on any atom is 0.409 e.